The molecule has 1 heterocycles. The molecule has 8 heteroatoms. The zero-order valence-electron chi connectivity index (χ0n) is 17.7. The predicted molar refractivity (Wildman–Crippen MR) is 114 cm³/mol. The molecule has 0 radical (unpaired) electrons. The monoisotopic (exact) mass is 433 g/mol. The lowest BCUT2D eigenvalue weighted by atomic mass is 10.1. The minimum absolute atomic E-state index is 0.0327. The number of ether oxygens (including phenoxy) is 3. The van der Waals surface area contributed by atoms with Crippen molar-refractivity contribution in [3.05, 3.63) is 53.1 Å². The first-order valence-corrected chi connectivity index (χ1v) is 11.5. The van der Waals surface area contributed by atoms with Gasteiger partial charge in [-0.25, -0.2) is 8.42 Å². The molecule has 0 unspecified atom stereocenters. The molecular formula is C22H27NO6S. The van der Waals surface area contributed by atoms with Crippen molar-refractivity contribution in [2.75, 3.05) is 32.8 Å². The molecule has 7 nitrogen and oxygen atoms in total. The summed E-state index contributed by atoms with van der Waals surface area (Å²) in [4.78, 5) is 15.0. The number of carbonyl (C=O) groups is 1. The predicted octanol–water partition coefficient (Wildman–Crippen LogP) is 2.85. The third-order valence-electron chi connectivity index (χ3n) is 5.29. The Morgan fingerprint density at radius 1 is 1.03 bits per heavy atom. The normalized spacial score (nSPS) is 17.4. The number of nitrogens with zero attached hydrogens (tertiary/aromatic N) is 1. The Kier molecular flexibility index (Phi) is 6.55. The summed E-state index contributed by atoms with van der Waals surface area (Å²) in [6.45, 7) is 2.18. The standard InChI is InChI=1S/C22H27NO6S/c1-15-5-7-17(8-6-15)22(24)23(18-9-10-30(25,26)14-18)13-16-11-19(27-2)21(29-4)20(12-16)28-3/h5-8,11-12,18H,9-10,13-14H2,1-4H3/t18-/m1/s1. The Hall–Kier alpha value is -2.74. The van der Waals surface area contributed by atoms with E-state index in [2.05, 4.69) is 0 Å². The van der Waals surface area contributed by atoms with Crippen LogP contribution >= 0.6 is 0 Å². The third-order valence-corrected chi connectivity index (χ3v) is 7.04. The number of amides is 1. The maximum absolute atomic E-state index is 13.3. The zero-order chi connectivity index (χ0) is 21.9. The van der Waals surface area contributed by atoms with E-state index in [1.54, 1.807) is 29.2 Å². The fourth-order valence-corrected chi connectivity index (χ4v) is 5.40. The number of benzene rings is 2. The summed E-state index contributed by atoms with van der Waals surface area (Å²) in [5, 5.41) is 0. The van der Waals surface area contributed by atoms with E-state index in [0.717, 1.165) is 11.1 Å². The molecule has 2 aromatic rings. The average molecular weight is 434 g/mol. The molecule has 1 fully saturated rings. The number of methoxy groups -OCH3 is 3. The SMILES string of the molecule is COc1cc(CN(C(=O)c2ccc(C)cc2)[C@@H]2CCS(=O)(=O)C2)cc(OC)c1OC. The van der Waals surface area contributed by atoms with Gasteiger partial charge in [-0.2, -0.15) is 0 Å². The van der Waals surface area contributed by atoms with Crippen LogP contribution < -0.4 is 14.2 Å². The van der Waals surface area contributed by atoms with Gasteiger partial charge in [-0.15, -0.1) is 0 Å². The summed E-state index contributed by atoms with van der Waals surface area (Å²) in [7, 11) is 1.42. The molecule has 162 valence electrons. The van der Waals surface area contributed by atoms with Gasteiger partial charge in [0.25, 0.3) is 5.91 Å². The van der Waals surface area contributed by atoms with Crippen LogP contribution in [0.5, 0.6) is 17.2 Å². The molecule has 30 heavy (non-hydrogen) atoms. The van der Waals surface area contributed by atoms with E-state index in [9.17, 15) is 13.2 Å². The molecular weight excluding hydrogens is 406 g/mol. The highest BCUT2D eigenvalue weighted by molar-refractivity contribution is 7.91. The maximum Gasteiger partial charge on any atom is 0.254 e. The Balaban J connectivity index is 1.99. The van der Waals surface area contributed by atoms with Gasteiger partial charge in [0.15, 0.2) is 21.3 Å². The lowest BCUT2D eigenvalue weighted by Crippen LogP contribution is -2.40. The van der Waals surface area contributed by atoms with Crippen molar-refractivity contribution >= 4 is 15.7 Å². The fraction of sp³-hybridized carbons (Fsp3) is 0.409. The lowest BCUT2D eigenvalue weighted by Gasteiger charge is -2.29. The molecule has 0 aromatic heterocycles. The lowest BCUT2D eigenvalue weighted by molar-refractivity contribution is 0.0680. The van der Waals surface area contributed by atoms with E-state index in [0.29, 0.717) is 29.2 Å². The minimum Gasteiger partial charge on any atom is -0.493 e. The first kappa shape index (κ1) is 22.0. The Bertz CT molecular complexity index is 991. The molecule has 1 aliphatic heterocycles. The molecule has 0 spiro atoms. The number of sulfone groups is 1. The highest BCUT2D eigenvalue weighted by atomic mass is 32.2. The molecule has 0 bridgehead atoms. The van der Waals surface area contributed by atoms with Gasteiger partial charge in [-0.05, 0) is 43.2 Å². The van der Waals surface area contributed by atoms with Crippen molar-refractivity contribution < 1.29 is 27.4 Å². The van der Waals surface area contributed by atoms with Gasteiger partial charge in [-0.3, -0.25) is 4.79 Å². The summed E-state index contributed by atoms with van der Waals surface area (Å²) < 4.78 is 40.4. The summed E-state index contributed by atoms with van der Waals surface area (Å²) in [5.74, 6) is 1.27. The number of rotatable bonds is 7. The molecule has 1 amide bonds. The molecule has 1 saturated heterocycles. The van der Waals surface area contributed by atoms with Crippen LogP contribution in [0.25, 0.3) is 0 Å². The van der Waals surface area contributed by atoms with Crippen molar-refractivity contribution in [1.29, 1.82) is 0 Å². The summed E-state index contributed by atoms with van der Waals surface area (Å²) >= 11 is 0. The van der Waals surface area contributed by atoms with Crippen LogP contribution in [0.15, 0.2) is 36.4 Å². The number of aryl methyl sites for hydroxylation is 1. The van der Waals surface area contributed by atoms with Gasteiger partial charge in [0.05, 0.1) is 32.8 Å². The van der Waals surface area contributed by atoms with E-state index < -0.39 is 9.84 Å². The minimum atomic E-state index is -3.15. The topological polar surface area (TPSA) is 82.1 Å². The van der Waals surface area contributed by atoms with Crippen molar-refractivity contribution in [3.63, 3.8) is 0 Å². The number of hydrogen-bond donors (Lipinski definition) is 0. The summed E-state index contributed by atoms with van der Waals surface area (Å²) in [6, 6.07) is 10.4. The van der Waals surface area contributed by atoms with Crippen LogP contribution in [0.2, 0.25) is 0 Å². The molecule has 0 N–H and O–H groups in total. The smallest absolute Gasteiger partial charge is 0.254 e. The van der Waals surface area contributed by atoms with Crippen molar-refractivity contribution in [3.8, 4) is 17.2 Å². The second kappa shape index (κ2) is 8.95. The van der Waals surface area contributed by atoms with Gasteiger partial charge in [0, 0.05) is 18.2 Å². The van der Waals surface area contributed by atoms with Crippen LogP contribution in [0.1, 0.15) is 27.9 Å². The van der Waals surface area contributed by atoms with E-state index >= 15 is 0 Å². The fourth-order valence-electron chi connectivity index (χ4n) is 3.67. The van der Waals surface area contributed by atoms with Crippen LogP contribution in [0.3, 0.4) is 0 Å². The van der Waals surface area contributed by atoms with Gasteiger partial charge < -0.3 is 19.1 Å². The largest absolute Gasteiger partial charge is 0.493 e. The van der Waals surface area contributed by atoms with Gasteiger partial charge in [0.1, 0.15) is 0 Å². The highest BCUT2D eigenvalue weighted by Crippen LogP contribution is 2.39. The van der Waals surface area contributed by atoms with Gasteiger partial charge in [0.2, 0.25) is 5.75 Å². The first-order valence-electron chi connectivity index (χ1n) is 9.65. The van der Waals surface area contributed by atoms with Crippen molar-refractivity contribution in [2.24, 2.45) is 0 Å². The molecule has 3 rings (SSSR count). The Morgan fingerprint density at radius 3 is 2.10 bits per heavy atom. The van der Waals surface area contributed by atoms with Gasteiger partial charge in [-0.1, -0.05) is 17.7 Å². The highest BCUT2D eigenvalue weighted by Gasteiger charge is 2.35. The van der Waals surface area contributed by atoms with E-state index in [4.69, 9.17) is 14.2 Å². The Labute approximate surface area is 177 Å². The Morgan fingerprint density at radius 2 is 1.63 bits per heavy atom. The molecule has 1 aliphatic rings. The molecule has 0 saturated carbocycles. The molecule has 1 atom stereocenters. The van der Waals surface area contributed by atoms with Crippen molar-refractivity contribution in [2.45, 2.75) is 25.9 Å². The maximum atomic E-state index is 13.3. The quantitative estimate of drug-likeness (QED) is 0.668. The molecule has 2 aromatic carbocycles. The van der Waals surface area contributed by atoms with Crippen LogP contribution in [-0.2, 0) is 16.4 Å². The van der Waals surface area contributed by atoms with Crippen LogP contribution in [0.4, 0.5) is 0 Å². The molecule has 0 aliphatic carbocycles. The van der Waals surface area contributed by atoms with Gasteiger partial charge >= 0.3 is 0 Å². The second-order valence-corrected chi connectivity index (χ2v) is 9.62. The zero-order valence-corrected chi connectivity index (χ0v) is 18.5. The third kappa shape index (κ3) is 4.70. The van der Waals surface area contributed by atoms with E-state index in [1.165, 1.54) is 21.3 Å². The van der Waals surface area contributed by atoms with Crippen molar-refractivity contribution in [1.82, 2.24) is 4.90 Å². The van der Waals surface area contributed by atoms with Crippen LogP contribution in [-0.4, -0.2) is 58.1 Å². The second-order valence-electron chi connectivity index (χ2n) is 7.39. The number of carbonyl (C=O) groups excluding carboxylic acids is 1. The van der Waals surface area contributed by atoms with E-state index in [1.807, 2.05) is 19.1 Å². The average Bonchev–Trinajstić information content (AvgIpc) is 3.10. The first-order chi connectivity index (χ1) is 14.3. The van der Waals surface area contributed by atoms with Crippen LogP contribution in [0, 0.1) is 6.92 Å². The number of hydrogen-bond acceptors (Lipinski definition) is 6. The summed E-state index contributed by atoms with van der Waals surface area (Å²) in [5.41, 5.74) is 2.33. The summed E-state index contributed by atoms with van der Waals surface area (Å²) in [6.07, 6.45) is 0.421. The van der Waals surface area contributed by atoms with E-state index in [-0.39, 0.29) is 30.0 Å².